The monoisotopic (exact) mass is 360 g/mol. The van der Waals surface area contributed by atoms with Crippen LogP contribution < -0.4 is 10.6 Å². The molecule has 0 unspecified atom stereocenters. The second kappa shape index (κ2) is 10.2. The molecule has 1 heterocycles. The molecular formula is C15H22F2N4O2S. The van der Waals surface area contributed by atoms with E-state index < -0.39 is 5.76 Å². The van der Waals surface area contributed by atoms with Crippen molar-refractivity contribution in [2.24, 2.45) is 0 Å². The summed E-state index contributed by atoms with van der Waals surface area (Å²) in [7, 11) is 0. The number of hydrogen-bond acceptors (Lipinski definition) is 5. The predicted molar refractivity (Wildman–Crippen MR) is 88.0 cm³/mol. The molecule has 1 aromatic heterocycles. The van der Waals surface area contributed by atoms with Crippen molar-refractivity contribution in [3.63, 3.8) is 0 Å². The van der Waals surface area contributed by atoms with Crippen LogP contribution in [0, 0.1) is 13.8 Å². The third kappa shape index (κ3) is 7.20. The summed E-state index contributed by atoms with van der Waals surface area (Å²) in [5.41, 5.74) is 1.93. The molecular weight excluding hydrogens is 338 g/mol. The maximum absolute atomic E-state index is 12.4. The van der Waals surface area contributed by atoms with Gasteiger partial charge in [0, 0.05) is 24.4 Å². The number of thioether (sulfide) groups is 1. The Bertz CT molecular complexity index is 562. The normalized spacial score (nSPS) is 10.8. The zero-order chi connectivity index (χ0) is 18.1. The van der Waals surface area contributed by atoms with Gasteiger partial charge >= 0.3 is 0 Å². The van der Waals surface area contributed by atoms with Gasteiger partial charge in [-0.15, -0.1) is 0 Å². The Kier molecular flexibility index (Phi) is 8.59. The first-order valence-electron chi connectivity index (χ1n) is 7.65. The molecule has 1 aromatic rings. The summed E-state index contributed by atoms with van der Waals surface area (Å²) in [6.07, 6.45) is 1.39. The molecule has 2 amide bonds. The molecule has 0 bridgehead atoms. The van der Waals surface area contributed by atoms with Crippen molar-refractivity contribution in [1.29, 1.82) is 0 Å². The van der Waals surface area contributed by atoms with Crippen molar-refractivity contribution >= 4 is 23.6 Å². The summed E-state index contributed by atoms with van der Waals surface area (Å²) in [5.74, 6) is -3.06. The van der Waals surface area contributed by atoms with Crippen molar-refractivity contribution in [3.05, 3.63) is 17.0 Å². The fourth-order valence-electron chi connectivity index (χ4n) is 2.04. The van der Waals surface area contributed by atoms with Gasteiger partial charge in [-0.2, -0.15) is 8.78 Å². The summed E-state index contributed by atoms with van der Waals surface area (Å²) in [4.78, 5) is 31.3. The van der Waals surface area contributed by atoms with E-state index in [1.807, 2.05) is 6.92 Å². The summed E-state index contributed by atoms with van der Waals surface area (Å²) in [6, 6.07) is 0. The van der Waals surface area contributed by atoms with E-state index in [9.17, 15) is 18.4 Å². The van der Waals surface area contributed by atoms with Crippen LogP contribution in [-0.4, -0.2) is 40.6 Å². The first-order valence-corrected chi connectivity index (χ1v) is 8.53. The first kappa shape index (κ1) is 20.3. The van der Waals surface area contributed by atoms with Gasteiger partial charge in [0.2, 0.25) is 11.8 Å². The van der Waals surface area contributed by atoms with E-state index in [1.165, 1.54) is 0 Å². The second-order valence-corrected chi connectivity index (χ2v) is 6.12. The summed E-state index contributed by atoms with van der Waals surface area (Å²) >= 11 is 0.298. The van der Waals surface area contributed by atoms with Gasteiger partial charge in [-0.3, -0.25) is 9.59 Å². The van der Waals surface area contributed by atoms with E-state index in [2.05, 4.69) is 20.6 Å². The molecule has 0 aromatic carbocycles. The van der Waals surface area contributed by atoms with E-state index in [-0.39, 0.29) is 29.9 Å². The minimum absolute atomic E-state index is 0.0285. The maximum Gasteiger partial charge on any atom is 0.291 e. The number of halogens is 2. The highest BCUT2D eigenvalue weighted by molar-refractivity contribution is 7.99. The molecule has 0 aliphatic carbocycles. The largest absolute Gasteiger partial charge is 0.355 e. The van der Waals surface area contributed by atoms with Crippen molar-refractivity contribution in [2.75, 3.05) is 13.1 Å². The van der Waals surface area contributed by atoms with Crippen LogP contribution in [0.1, 0.15) is 36.7 Å². The lowest BCUT2D eigenvalue weighted by atomic mass is 10.1. The SMILES string of the molecule is CCCNC(=O)CNC(=O)CCc1c(C)nc(SC(F)F)nc1C. The third-order valence-electron chi connectivity index (χ3n) is 3.22. The molecule has 1 rings (SSSR count). The Hall–Kier alpha value is -1.77. The number of rotatable bonds is 9. The highest BCUT2D eigenvalue weighted by Crippen LogP contribution is 2.24. The van der Waals surface area contributed by atoms with Crippen molar-refractivity contribution in [2.45, 2.75) is 50.9 Å². The van der Waals surface area contributed by atoms with Crippen molar-refractivity contribution in [1.82, 2.24) is 20.6 Å². The van der Waals surface area contributed by atoms with Crippen LogP contribution in [0.15, 0.2) is 5.16 Å². The highest BCUT2D eigenvalue weighted by Gasteiger charge is 2.14. The van der Waals surface area contributed by atoms with Crippen LogP contribution in [0.3, 0.4) is 0 Å². The second-order valence-electron chi connectivity index (χ2n) is 5.16. The minimum atomic E-state index is -2.57. The van der Waals surface area contributed by atoms with Crippen LogP contribution in [0.4, 0.5) is 8.78 Å². The standard InChI is InChI=1S/C15H22F2N4O2S/c1-4-7-18-13(23)8-19-12(22)6-5-11-9(2)20-15(21-10(11)3)24-14(16)17/h14H,4-8H2,1-3H3,(H,18,23)(H,19,22). The molecule has 24 heavy (non-hydrogen) atoms. The number of carbonyl (C=O) groups is 2. The number of hydrogen-bond donors (Lipinski definition) is 2. The zero-order valence-electron chi connectivity index (χ0n) is 14.0. The van der Waals surface area contributed by atoms with Gasteiger partial charge in [0.1, 0.15) is 0 Å². The van der Waals surface area contributed by atoms with Gasteiger partial charge in [-0.1, -0.05) is 6.92 Å². The van der Waals surface area contributed by atoms with Gasteiger partial charge in [-0.05, 0) is 44.0 Å². The van der Waals surface area contributed by atoms with Gasteiger partial charge in [-0.25, -0.2) is 9.97 Å². The molecule has 134 valence electrons. The Balaban J connectivity index is 2.52. The van der Waals surface area contributed by atoms with Crippen molar-refractivity contribution < 1.29 is 18.4 Å². The molecule has 0 saturated carbocycles. The van der Waals surface area contributed by atoms with Crippen LogP contribution >= 0.6 is 11.8 Å². The molecule has 9 heteroatoms. The van der Waals surface area contributed by atoms with Crippen LogP contribution in [0.5, 0.6) is 0 Å². The number of aromatic nitrogens is 2. The van der Waals surface area contributed by atoms with Crippen LogP contribution in [-0.2, 0) is 16.0 Å². The van der Waals surface area contributed by atoms with Gasteiger partial charge in [0.25, 0.3) is 5.76 Å². The lowest BCUT2D eigenvalue weighted by Crippen LogP contribution is -2.37. The van der Waals surface area contributed by atoms with Gasteiger partial charge in [0.15, 0.2) is 5.16 Å². The zero-order valence-corrected chi connectivity index (χ0v) is 14.8. The molecule has 2 N–H and O–H groups in total. The Morgan fingerprint density at radius 3 is 2.29 bits per heavy atom. The molecule has 0 radical (unpaired) electrons. The molecule has 0 aliphatic heterocycles. The fraction of sp³-hybridized carbons (Fsp3) is 0.600. The molecule has 0 fully saturated rings. The average Bonchev–Trinajstić information content (AvgIpc) is 2.49. The van der Waals surface area contributed by atoms with Gasteiger partial charge < -0.3 is 10.6 Å². The van der Waals surface area contributed by atoms with E-state index in [0.29, 0.717) is 36.1 Å². The molecule has 0 atom stereocenters. The van der Waals surface area contributed by atoms with E-state index in [1.54, 1.807) is 13.8 Å². The van der Waals surface area contributed by atoms with Crippen LogP contribution in [0.25, 0.3) is 0 Å². The van der Waals surface area contributed by atoms with Crippen molar-refractivity contribution in [3.8, 4) is 0 Å². The Labute approximate surface area is 144 Å². The topological polar surface area (TPSA) is 84.0 Å². The Morgan fingerprint density at radius 2 is 1.75 bits per heavy atom. The predicted octanol–water partition coefficient (Wildman–Crippen LogP) is 1.98. The van der Waals surface area contributed by atoms with E-state index >= 15 is 0 Å². The number of aryl methyl sites for hydroxylation is 2. The molecule has 0 spiro atoms. The Morgan fingerprint density at radius 1 is 1.12 bits per heavy atom. The number of amides is 2. The summed E-state index contributed by atoms with van der Waals surface area (Å²) in [5, 5.41) is 5.24. The molecule has 6 nitrogen and oxygen atoms in total. The molecule has 0 saturated heterocycles. The molecule has 0 aliphatic rings. The first-order chi connectivity index (χ1) is 11.3. The fourth-order valence-corrected chi connectivity index (χ4v) is 2.57. The lowest BCUT2D eigenvalue weighted by Gasteiger charge is -2.11. The number of alkyl halides is 2. The van der Waals surface area contributed by atoms with E-state index in [4.69, 9.17) is 0 Å². The maximum atomic E-state index is 12.4. The number of carbonyl (C=O) groups excluding carboxylic acids is 2. The van der Waals surface area contributed by atoms with Gasteiger partial charge in [0.05, 0.1) is 6.54 Å². The van der Waals surface area contributed by atoms with Crippen LogP contribution in [0.2, 0.25) is 0 Å². The quantitative estimate of drug-likeness (QED) is 0.520. The number of nitrogens with zero attached hydrogens (tertiary/aromatic N) is 2. The smallest absolute Gasteiger partial charge is 0.291 e. The highest BCUT2D eigenvalue weighted by atomic mass is 32.2. The minimum Gasteiger partial charge on any atom is -0.355 e. The summed E-state index contributed by atoms with van der Waals surface area (Å²) < 4.78 is 24.7. The average molecular weight is 360 g/mol. The third-order valence-corrected chi connectivity index (χ3v) is 3.79. The number of nitrogens with one attached hydrogen (secondary N) is 2. The lowest BCUT2D eigenvalue weighted by molar-refractivity contribution is -0.126. The van der Waals surface area contributed by atoms with E-state index in [0.717, 1.165) is 12.0 Å². The summed E-state index contributed by atoms with van der Waals surface area (Å²) in [6.45, 7) is 5.87.